The lowest BCUT2D eigenvalue weighted by Gasteiger charge is -2.11. The molecule has 1 aliphatic heterocycles. The van der Waals surface area contributed by atoms with Gasteiger partial charge >= 0.3 is 0 Å². The van der Waals surface area contributed by atoms with Gasteiger partial charge in [-0.25, -0.2) is 0 Å². The molecule has 3 heteroatoms. The topological polar surface area (TPSA) is 46.2 Å². The number of benzene rings is 1. The third-order valence-electron chi connectivity index (χ3n) is 2.95. The highest BCUT2D eigenvalue weighted by molar-refractivity contribution is 6.13. The highest BCUT2D eigenvalue weighted by Crippen LogP contribution is 2.32. The third kappa shape index (κ3) is 1.06. The van der Waals surface area contributed by atoms with E-state index >= 15 is 0 Å². The van der Waals surface area contributed by atoms with Crippen LogP contribution in [0.15, 0.2) is 24.3 Å². The van der Waals surface area contributed by atoms with Crippen molar-refractivity contribution in [2.24, 2.45) is 5.41 Å². The number of carbonyl (C=O) groups is 2. The molecule has 1 fully saturated rings. The summed E-state index contributed by atoms with van der Waals surface area (Å²) < 4.78 is 0. The summed E-state index contributed by atoms with van der Waals surface area (Å²) in [5, 5.41) is 4.40. The minimum atomic E-state index is -0.721. The van der Waals surface area contributed by atoms with Crippen LogP contribution in [0.5, 0.6) is 0 Å². The number of amides is 2. The molecule has 74 valence electrons. The maximum absolute atomic E-state index is 11.7. The molecule has 2 aliphatic rings. The molecule has 1 saturated heterocycles. The van der Waals surface area contributed by atoms with Crippen molar-refractivity contribution in [1.82, 2.24) is 5.32 Å². The van der Waals surface area contributed by atoms with Gasteiger partial charge in [0.1, 0.15) is 0 Å². The number of imide groups is 1. The summed E-state index contributed by atoms with van der Waals surface area (Å²) in [5.41, 5.74) is -0.721. The molecule has 0 bridgehead atoms. The van der Waals surface area contributed by atoms with Crippen LogP contribution in [0, 0.1) is 5.41 Å². The van der Waals surface area contributed by atoms with E-state index in [1.807, 2.05) is 36.4 Å². The van der Waals surface area contributed by atoms with E-state index in [9.17, 15) is 9.59 Å². The van der Waals surface area contributed by atoms with Crippen LogP contribution in [-0.4, -0.2) is 11.8 Å². The van der Waals surface area contributed by atoms with Gasteiger partial charge < -0.3 is 0 Å². The number of hydrogen-bond donors (Lipinski definition) is 1. The molecule has 0 atom stereocenters. The van der Waals surface area contributed by atoms with Crippen LogP contribution >= 0.6 is 0 Å². The van der Waals surface area contributed by atoms with Crippen molar-refractivity contribution in [3.8, 4) is 0 Å². The Morgan fingerprint density at radius 1 is 1.07 bits per heavy atom. The Bertz CT molecular complexity index is 551. The molecular weight excluding hydrogens is 190 g/mol. The Balaban J connectivity index is 2.25. The molecule has 1 spiro atoms. The normalized spacial score (nSPS) is 20.8. The van der Waals surface area contributed by atoms with Gasteiger partial charge in [0, 0.05) is 6.42 Å². The summed E-state index contributed by atoms with van der Waals surface area (Å²) >= 11 is 0. The summed E-state index contributed by atoms with van der Waals surface area (Å²) in [6.45, 7) is 0. The zero-order chi connectivity index (χ0) is 10.5. The lowest BCUT2D eigenvalue weighted by molar-refractivity contribution is -0.125. The van der Waals surface area contributed by atoms with E-state index in [0.29, 0.717) is 0 Å². The third-order valence-corrected chi connectivity index (χ3v) is 2.95. The first kappa shape index (κ1) is 8.41. The van der Waals surface area contributed by atoms with Gasteiger partial charge in [-0.3, -0.25) is 14.9 Å². The smallest absolute Gasteiger partial charge is 0.241 e. The number of fused-ring (bicyclic) bond motifs is 1. The monoisotopic (exact) mass is 199 g/mol. The zero-order valence-corrected chi connectivity index (χ0v) is 7.99. The van der Waals surface area contributed by atoms with Crippen molar-refractivity contribution >= 4 is 24.0 Å². The van der Waals surface area contributed by atoms with Crippen molar-refractivity contribution in [3.63, 3.8) is 0 Å². The predicted molar refractivity (Wildman–Crippen MR) is 54.8 cm³/mol. The molecular formula is C12H9NO2. The van der Waals surface area contributed by atoms with Gasteiger partial charge in [0.05, 0.1) is 5.41 Å². The van der Waals surface area contributed by atoms with E-state index in [1.165, 1.54) is 0 Å². The second-order valence-corrected chi connectivity index (χ2v) is 4.01. The molecule has 0 saturated carbocycles. The molecule has 1 heterocycles. The first-order chi connectivity index (χ1) is 7.20. The number of hydrogen-bond acceptors (Lipinski definition) is 2. The van der Waals surface area contributed by atoms with Gasteiger partial charge in [0.25, 0.3) is 0 Å². The van der Waals surface area contributed by atoms with Gasteiger partial charge in [-0.1, -0.05) is 36.4 Å². The molecule has 1 N–H and O–H groups in total. The summed E-state index contributed by atoms with van der Waals surface area (Å²) in [6, 6.07) is 7.76. The Morgan fingerprint density at radius 2 is 1.67 bits per heavy atom. The summed E-state index contributed by atoms with van der Waals surface area (Å²) in [4.78, 5) is 22.9. The van der Waals surface area contributed by atoms with E-state index < -0.39 is 5.41 Å². The van der Waals surface area contributed by atoms with Gasteiger partial charge in [-0.2, -0.15) is 0 Å². The molecule has 0 radical (unpaired) electrons. The molecule has 1 aromatic rings. The lowest BCUT2D eigenvalue weighted by Crippen LogP contribution is -2.27. The van der Waals surface area contributed by atoms with Gasteiger partial charge in [0.2, 0.25) is 11.8 Å². The fourth-order valence-electron chi connectivity index (χ4n) is 2.24. The molecule has 1 aromatic carbocycles. The SMILES string of the molecule is O=C1CC2(C=c3ccccc3=C2)C(=O)N1. The highest BCUT2D eigenvalue weighted by Gasteiger charge is 2.44. The first-order valence-corrected chi connectivity index (χ1v) is 4.85. The summed E-state index contributed by atoms with van der Waals surface area (Å²) in [7, 11) is 0. The Hall–Kier alpha value is -1.90. The van der Waals surface area contributed by atoms with Crippen molar-refractivity contribution in [1.29, 1.82) is 0 Å². The summed E-state index contributed by atoms with van der Waals surface area (Å²) in [6.07, 6.45) is 3.99. The quantitative estimate of drug-likeness (QED) is 0.561. The van der Waals surface area contributed by atoms with Crippen LogP contribution in [-0.2, 0) is 9.59 Å². The van der Waals surface area contributed by atoms with Crippen LogP contribution in [0.25, 0.3) is 12.2 Å². The molecule has 0 aromatic heterocycles. The Labute approximate surface area is 86.1 Å². The van der Waals surface area contributed by atoms with E-state index in [1.54, 1.807) is 0 Å². The van der Waals surface area contributed by atoms with Gasteiger partial charge in [-0.05, 0) is 10.4 Å². The summed E-state index contributed by atoms with van der Waals surface area (Å²) in [5.74, 6) is -0.399. The predicted octanol–water partition coefficient (Wildman–Crippen LogP) is -0.706. The van der Waals surface area contributed by atoms with Crippen molar-refractivity contribution in [2.75, 3.05) is 0 Å². The first-order valence-electron chi connectivity index (χ1n) is 4.85. The lowest BCUT2D eigenvalue weighted by atomic mass is 9.88. The second-order valence-electron chi connectivity index (χ2n) is 4.01. The second kappa shape index (κ2) is 2.57. The van der Waals surface area contributed by atoms with E-state index in [-0.39, 0.29) is 18.2 Å². The van der Waals surface area contributed by atoms with Crippen LogP contribution in [0.4, 0.5) is 0 Å². The van der Waals surface area contributed by atoms with Crippen molar-refractivity contribution in [3.05, 3.63) is 34.7 Å². The maximum atomic E-state index is 11.7. The van der Waals surface area contributed by atoms with Crippen molar-refractivity contribution in [2.45, 2.75) is 6.42 Å². The molecule has 3 nitrogen and oxygen atoms in total. The average Bonchev–Trinajstić information content (AvgIpc) is 2.67. The fraction of sp³-hybridized carbons (Fsp3) is 0.167. The standard InChI is InChI=1S/C12H9NO2/c14-10-7-12(11(15)13-10)5-8-3-1-2-4-9(8)6-12/h1-6H,7H2,(H,13,14,15). The number of rotatable bonds is 0. The van der Waals surface area contributed by atoms with E-state index in [4.69, 9.17) is 0 Å². The zero-order valence-electron chi connectivity index (χ0n) is 7.99. The van der Waals surface area contributed by atoms with Crippen molar-refractivity contribution < 1.29 is 9.59 Å². The fourth-order valence-corrected chi connectivity index (χ4v) is 2.24. The minimum absolute atomic E-state index is 0.194. The van der Waals surface area contributed by atoms with Crippen LogP contribution in [0.3, 0.4) is 0 Å². The highest BCUT2D eigenvalue weighted by atomic mass is 16.2. The number of carbonyl (C=O) groups excluding carboxylic acids is 2. The Morgan fingerprint density at radius 3 is 2.13 bits per heavy atom. The molecule has 0 unspecified atom stereocenters. The van der Waals surface area contributed by atoms with E-state index in [0.717, 1.165) is 10.4 Å². The minimum Gasteiger partial charge on any atom is -0.295 e. The largest absolute Gasteiger partial charge is 0.295 e. The Kier molecular flexibility index (Phi) is 1.44. The molecule has 2 amide bonds. The van der Waals surface area contributed by atoms with Crippen LogP contribution in [0.1, 0.15) is 6.42 Å². The molecule has 1 aliphatic carbocycles. The maximum Gasteiger partial charge on any atom is 0.241 e. The average molecular weight is 199 g/mol. The van der Waals surface area contributed by atoms with E-state index in [2.05, 4.69) is 5.32 Å². The van der Waals surface area contributed by atoms with Gasteiger partial charge in [-0.15, -0.1) is 0 Å². The van der Waals surface area contributed by atoms with Crippen LogP contribution in [0.2, 0.25) is 0 Å². The molecule has 15 heavy (non-hydrogen) atoms. The van der Waals surface area contributed by atoms with Gasteiger partial charge in [0.15, 0.2) is 0 Å². The number of nitrogens with one attached hydrogen (secondary N) is 1. The van der Waals surface area contributed by atoms with Crippen LogP contribution < -0.4 is 15.8 Å². The molecule has 3 rings (SSSR count).